The van der Waals surface area contributed by atoms with Gasteiger partial charge in [-0.1, -0.05) is 42.5 Å². The molecule has 0 saturated carbocycles. The van der Waals surface area contributed by atoms with E-state index in [0.717, 1.165) is 38.4 Å². The highest BCUT2D eigenvalue weighted by atomic mass is 19.1. The quantitative estimate of drug-likeness (QED) is 0.467. The maximum atomic E-state index is 14.0. The van der Waals surface area contributed by atoms with Gasteiger partial charge in [-0.3, -0.25) is 9.69 Å². The van der Waals surface area contributed by atoms with Crippen molar-refractivity contribution in [2.75, 3.05) is 31.6 Å². The molecule has 1 aliphatic rings. The van der Waals surface area contributed by atoms with Crippen molar-refractivity contribution in [2.45, 2.75) is 6.54 Å². The number of rotatable bonds is 5. The summed E-state index contributed by atoms with van der Waals surface area (Å²) in [4.78, 5) is 20.2. The number of anilines is 1. The van der Waals surface area contributed by atoms with E-state index < -0.39 is 5.82 Å². The number of pyridine rings is 1. The Balaban J connectivity index is 1.47. The lowest BCUT2D eigenvalue weighted by molar-refractivity contribution is 0.0342. The molecule has 0 atom stereocenters. The molecule has 1 amide bonds. The molecule has 1 aromatic heterocycles. The van der Waals surface area contributed by atoms with Crippen LogP contribution in [-0.2, 0) is 11.3 Å². The molecule has 33 heavy (non-hydrogen) atoms. The number of halogens is 1. The van der Waals surface area contributed by atoms with E-state index in [0.29, 0.717) is 27.8 Å². The lowest BCUT2D eigenvalue weighted by Crippen LogP contribution is -2.35. The minimum absolute atomic E-state index is 0.301. The summed E-state index contributed by atoms with van der Waals surface area (Å²) in [6, 6.07) is 23.5. The summed E-state index contributed by atoms with van der Waals surface area (Å²) in [6.07, 6.45) is 0. The van der Waals surface area contributed by atoms with Crippen LogP contribution < -0.4 is 5.32 Å². The number of morpholine rings is 1. The topological polar surface area (TPSA) is 54.5 Å². The van der Waals surface area contributed by atoms with E-state index >= 15 is 0 Å². The Morgan fingerprint density at radius 3 is 2.48 bits per heavy atom. The van der Waals surface area contributed by atoms with E-state index in [1.165, 1.54) is 17.7 Å². The largest absolute Gasteiger partial charge is 0.379 e. The van der Waals surface area contributed by atoms with Crippen LogP contribution in [0.15, 0.2) is 78.9 Å². The maximum absolute atomic E-state index is 14.0. The molecule has 1 saturated heterocycles. The van der Waals surface area contributed by atoms with Gasteiger partial charge in [0.2, 0.25) is 0 Å². The molecule has 0 unspecified atom stereocenters. The molecule has 2 heterocycles. The fourth-order valence-electron chi connectivity index (χ4n) is 4.05. The predicted molar refractivity (Wildman–Crippen MR) is 128 cm³/mol. The zero-order valence-electron chi connectivity index (χ0n) is 18.1. The second-order valence-corrected chi connectivity index (χ2v) is 8.12. The summed E-state index contributed by atoms with van der Waals surface area (Å²) < 4.78 is 19.4. The van der Waals surface area contributed by atoms with Crippen LogP contribution in [0, 0.1) is 5.82 Å². The average Bonchev–Trinajstić information content (AvgIpc) is 2.85. The van der Waals surface area contributed by atoms with Crippen molar-refractivity contribution in [3.05, 3.63) is 95.8 Å². The number of carbonyl (C=O) groups is 1. The monoisotopic (exact) mass is 441 g/mol. The molecule has 1 N–H and O–H groups in total. The summed E-state index contributed by atoms with van der Waals surface area (Å²) in [5.74, 6) is -0.706. The molecule has 0 radical (unpaired) electrons. The predicted octanol–water partition coefficient (Wildman–Crippen LogP) is 5.13. The minimum atomic E-state index is -0.404. The molecule has 3 aromatic carbocycles. The first-order valence-corrected chi connectivity index (χ1v) is 11.0. The second kappa shape index (κ2) is 9.48. The molecule has 1 fully saturated rings. The Kier molecular flexibility index (Phi) is 6.11. The zero-order valence-corrected chi connectivity index (χ0v) is 18.1. The zero-order chi connectivity index (χ0) is 22.6. The second-order valence-electron chi connectivity index (χ2n) is 8.12. The van der Waals surface area contributed by atoms with Crippen LogP contribution in [0.5, 0.6) is 0 Å². The first-order valence-electron chi connectivity index (χ1n) is 11.0. The van der Waals surface area contributed by atoms with Crippen LogP contribution >= 0.6 is 0 Å². The number of nitrogens with zero attached hydrogens (tertiary/aromatic N) is 2. The molecule has 0 spiro atoms. The maximum Gasteiger partial charge on any atom is 0.256 e. The molecular weight excluding hydrogens is 417 g/mol. The van der Waals surface area contributed by atoms with Gasteiger partial charge in [0, 0.05) is 36.3 Å². The van der Waals surface area contributed by atoms with Gasteiger partial charge in [0.15, 0.2) is 0 Å². The summed E-state index contributed by atoms with van der Waals surface area (Å²) in [5.41, 5.74) is 4.43. The average molecular weight is 442 g/mol. The Hall–Kier alpha value is -3.61. The Morgan fingerprint density at radius 1 is 0.970 bits per heavy atom. The molecule has 5 rings (SSSR count). The van der Waals surface area contributed by atoms with Crippen molar-refractivity contribution in [1.29, 1.82) is 0 Å². The van der Waals surface area contributed by atoms with Crippen molar-refractivity contribution < 1.29 is 13.9 Å². The summed E-state index contributed by atoms with van der Waals surface area (Å²) in [7, 11) is 0. The van der Waals surface area contributed by atoms with Gasteiger partial charge in [-0.25, -0.2) is 9.37 Å². The van der Waals surface area contributed by atoms with E-state index in [4.69, 9.17) is 9.72 Å². The molecule has 166 valence electrons. The summed E-state index contributed by atoms with van der Waals surface area (Å²) >= 11 is 0. The van der Waals surface area contributed by atoms with E-state index in [1.54, 1.807) is 12.1 Å². The molecule has 5 nitrogen and oxygen atoms in total. The lowest BCUT2D eigenvalue weighted by Gasteiger charge is -2.26. The van der Waals surface area contributed by atoms with Gasteiger partial charge in [-0.2, -0.15) is 0 Å². The highest BCUT2D eigenvalue weighted by Gasteiger charge is 2.16. The van der Waals surface area contributed by atoms with Gasteiger partial charge in [0.1, 0.15) is 5.82 Å². The number of para-hydroxylation sites is 1. The number of fused-ring (bicyclic) bond motifs is 1. The standard InChI is InChI=1S/C27H24FN3O2/c28-21-10-11-25-23(16-21)24(27(32)29-22-4-2-1-3-5-22)17-26(30-25)20-8-6-19(7-9-20)18-31-12-14-33-15-13-31/h1-11,16-17H,12-15,18H2,(H,29,32). The van der Waals surface area contributed by atoms with Crippen LogP contribution in [0.1, 0.15) is 15.9 Å². The van der Waals surface area contributed by atoms with Crippen LogP contribution in [0.2, 0.25) is 0 Å². The molecule has 0 aliphatic carbocycles. The van der Waals surface area contributed by atoms with Crippen molar-refractivity contribution in [2.24, 2.45) is 0 Å². The van der Waals surface area contributed by atoms with Crippen LogP contribution in [-0.4, -0.2) is 42.1 Å². The highest BCUT2D eigenvalue weighted by Crippen LogP contribution is 2.27. The Bertz CT molecular complexity index is 1270. The van der Waals surface area contributed by atoms with Gasteiger partial charge >= 0.3 is 0 Å². The fourth-order valence-corrected chi connectivity index (χ4v) is 4.05. The molecule has 0 bridgehead atoms. The van der Waals surface area contributed by atoms with Crippen molar-refractivity contribution >= 4 is 22.5 Å². The third-order valence-electron chi connectivity index (χ3n) is 5.81. The van der Waals surface area contributed by atoms with E-state index in [-0.39, 0.29) is 5.91 Å². The van der Waals surface area contributed by atoms with E-state index in [1.807, 2.05) is 42.5 Å². The van der Waals surface area contributed by atoms with Gasteiger partial charge in [0.05, 0.1) is 30.0 Å². The van der Waals surface area contributed by atoms with Crippen molar-refractivity contribution in [1.82, 2.24) is 9.88 Å². The van der Waals surface area contributed by atoms with E-state index in [2.05, 4.69) is 22.3 Å². The lowest BCUT2D eigenvalue weighted by atomic mass is 10.0. The fraction of sp³-hybridized carbons (Fsp3) is 0.185. The van der Waals surface area contributed by atoms with Crippen molar-refractivity contribution in [3.63, 3.8) is 0 Å². The molecule has 4 aromatic rings. The van der Waals surface area contributed by atoms with Gasteiger partial charge in [-0.05, 0) is 42.0 Å². The number of ether oxygens (including phenoxy) is 1. The first-order chi connectivity index (χ1) is 16.2. The number of hydrogen-bond donors (Lipinski definition) is 1. The molecule has 6 heteroatoms. The summed E-state index contributed by atoms with van der Waals surface area (Å²) in [5, 5.41) is 3.38. The smallest absolute Gasteiger partial charge is 0.256 e. The number of hydrogen-bond acceptors (Lipinski definition) is 4. The van der Waals surface area contributed by atoms with Gasteiger partial charge in [-0.15, -0.1) is 0 Å². The normalized spacial score (nSPS) is 14.3. The first kappa shape index (κ1) is 21.2. The van der Waals surface area contributed by atoms with Crippen LogP contribution in [0.3, 0.4) is 0 Å². The minimum Gasteiger partial charge on any atom is -0.379 e. The SMILES string of the molecule is O=C(Nc1ccccc1)c1cc(-c2ccc(CN3CCOCC3)cc2)nc2ccc(F)cc12. The van der Waals surface area contributed by atoms with Crippen LogP contribution in [0.4, 0.5) is 10.1 Å². The highest BCUT2D eigenvalue weighted by molar-refractivity contribution is 6.13. The van der Waals surface area contributed by atoms with Gasteiger partial charge < -0.3 is 10.1 Å². The third kappa shape index (κ3) is 4.92. The van der Waals surface area contributed by atoms with Crippen molar-refractivity contribution in [3.8, 4) is 11.3 Å². The summed E-state index contributed by atoms with van der Waals surface area (Å²) in [6.45, 7) is 4.29. The Morgan fingerprint density at radius 2 is 1.73 bits per heavy atom. The number of carbonyl (C=O) groups excluding carboxylic acids is 1. The number of amides is 1. The number of aromatic nitrogens is 1. The van der Waals surface area contributed by atoms with E-state index in [9.17, 15) is 9.18 Å². The number of benzene rings is 3. The number of nitrogens with one attached hydrogen (secondary N) is 1. The van der Waals surface area contributed by atoms with Crippen LogP contribution in [0.25, 0.3) is 22.2 Å². The molecular formula is C27H24FN3O2. The Labute approximate surface area is 191 Å². The van der Waals surface area contributed by atoms with Gasteiger partial charge in [0.25, 0.3) is 5.91 Å². The third-order valence-corrected chi connectivity index (χ3v) is 5.81. The molecule has 1 aliphatic heterocycles.